The minimum absolute atomic E-state index is 0.245. The zero-order chi connectivity index (χ0) is 13.8. The smallest absolute Gasteiger partial charge is 0.126 e. The van der Waals surface area contributed by atoms with Crippen LogP contribution < -0.4 is 0 Å². The third kappa shape index (κ3) is 3.19. The lowest BCUT2D eigenvalue weighted by Gasteiger charge is -2.05. The van der Waals surface area contributed by atoms with Crippen LogP contribution in [-0.2, 0) is 6.42 Å². The second kappa shape index (κ2) is 5.95. The van der Waals surface area contributed by atoms with Crippen LogP contribution in [0.2, 0.25) is 10.0 Å². The molecular weight excluding hydrogens is 283 g/mol. The molecule has 19 heavy (non-hydrogen) atoms. The van der Waals surface area contributed by atoms with E-state index in [9.17, 15) is 4.91 Å². The van der Waals surface area contributed by atoms with Crippen molar-refractivity contribution >= 4 is 41.3 Å². The highest BCUT2D eigenvalue weighted by atomic mass is 35.5. The maximum absolute atomic E-state index is 10.4. The molecule has 0 aliphatic rings. The number of hydrogen-bond acceptors (Lipinski definition) is 3. The van der Waals surface area contributed by atoms with Crippen LogP contribution in [0.15, 0.2) is 46.6 Å². The summed E-state index contributed by atoms with van der Waals surface area (Å²) >= 11 is 12.0. The minimum atomic E-state index is 0.245. The molecule has 0 N–H and O–H groups in total. The summed E-state index contributed by atoms with van der Waals surface area (Å²) in [6.45, 7) is 3.44. The fourth-order valence-corrected chi connectivity index (χ4v) is 2.26. The second-order valence-corrected chi connectivity index (χ2v) is 4.81. The van der Waals surface area contributed by atoms with Crippen LogP contribution in [0, 0.1) is 4.91 Å². The van der Waals surface area contributed by atoms with Crippen molar-refractivity contribution in [3.05, 3.63) is 62.5 Å². The largest absolute Gasteiger partial charge is 0.263 e. The van der Waals surface area contributed by atoms with Crippen molar-refractivity contribution in [2.24, 2.45) is 10.2 Å². The molecule has 0 aliphatic carbocycles. The summed E-state index contributed by atoms with van der Waals surface area (Å²) in [6.07, 6.45) is 0.663. The highest BCUT2D eigenvalue weighted by Crippen LogP contribution is 2.29. The maximum atomic E-state index is 10.4. The van der Waals surface area contributed by atoms with E-state index in [0.717, 1.165) is 11.1 Å². The molecule has 3 nitrogen and oxygen atoms in total. The van der Waals surface area contributed by atoms with Crippen LogP contribution >= 0.6 is 23.2 Å². The molecule has 5 heteroatoms. The molecule has 2 rings (SSSR count). The number of rotatable bonds is 4. The van der Waals surface area contributed by atoms with Gasteiger partial charge in [0.25, 0.3) is 0 Å². The molecule has 0 atom stereocenters. The molecule has 0 amide bonds. The summed E-state index contributed by atoms with van der Waals surface area (Å²) in [5, 5.41) is 3.74. The molecule has 96 valence electrons. The van der Waals surface area contributed by atoms with Gasteiger partial charge in [-0.3, -0.25) is 4.99 Å². The summed E-state index contributed by atoms with van der Waals surface area (Å²) < 4.78 is 0. The van der Waals surface area contributed by atoms with Crippen LogP contribution in [0.4, 0.5) is 11.4 Å². The Bertz CT molecular complexity index is 586. The van der Waals surface area contributed by atoms with Gasteiger partial charge in [0.1, 0.15) is 5.69 Å². The van der Waals surface area contributed by atoms with E-state index < -0.39 is 0 Å². The SMILES string of the molecule is C=Nc1ccc(Cc2ccc(N=O)c(Cl)c2)cc1Cl. The Morgan fingerprint density at radius 1 is 0.947 bits per heavy atom. The second-order valence-electron chi connectivity index (χ2n) is 4.00. The van der Waals surface area contributed by atoms with Gasteiger partial charge in [-0.15, -0.1) is 4.91 Å². The van der Waals surface area contributed by atoms with Crippen molar-refractivity contribution in [2.75, 3.05) is 0 Å². The van der Waals surface area contributed by atoms with Crippen molar-refractivity contribution in [1.29, 1.82) is 0 Å². The topological polar surface area (TPSA) is 41.8 Å². The fourth-order valence-electron chi connectivity index (χ4n) is 1.76. The summed E-state index contributed by atoms with van der Waals surface area (Å²) in [4.78, 5) is 14.2. The Hall–Kier alpha value is -1.71. The Kier molecular flexibility index (Phi) is 4.30. The van der Waals surface area contributed by atoms with Crippen molar-refractivity contribution in [3.63, 3.8) is 0 Å². The van der Waals surface area contributed by atoms with E-state index in [1.54, 1.807) is 12.1 Å². The zero-order valence-electron chi connectivity index (χ0n) is 9.94. The first-order valence-electron chi connectivity index (χ1n) is 5.51. The molecule has 0 fully saturated rings. The van der Waals surface area contributed by atoms with E-state index >= 15 is 0 Å². The summed E-state index contributed by atoms with van der Waals surface area (Å²) in [6, 6.07) is 10.7. The molecule has 2 aromatic rings. The Morgan fingerprint density at radius 2 is 1.47 bits per heavy atom. The lowest BCUT2D eigenvalue weighted by atomic mass is 10.0. The van der Waals surface area contributed by atoms with Gasteiger partial charge >= 0.3 is 0 Å². The predicted molar refractivity (Wildman–Crippen MR) is 80.4 cm³/mol. The number of nitrogens with zero attached hydrogens (tertiary/aromatic N) is 2. The Morgan fingerprint density at radius 3 is 1.89 bits per heavy atom. The average molecular weight is 293 g/mol. The van der Waals surface area contributed by atoms with Crippen LogP contribution in [-0.4, -0.2) is 6.72 Å². The summed E-state index contributed by atoms with van der Waals surface area (Å²) in [5.74, 6) is 0. The third-order valence-corrected chi connectivity index (χ3v) is 3.31. The van der Waals surface area contributed by atoms with E-state index in [1.165, 1.54) is 0 Å². The molecule has 2 aromatic carbocycles. The molecule has 0 unspecified atom stereocenters. The number of benzene rings is 2. The van der Waals surface area contributed by atoms with Crippen LogP contribution in [0.5, 0.6) is 0 Å². The molecule has 0 saturated heterocycles. The highest BCUT2D eigenvalue weighted by Gasteiger charge is 2.05. The van der Waals surface area contributed by atoms with Gasteiger partial charge in [0, 0.05) is 0 Å². The molecule has 0 heterocycles. The number of aliphatic imine (C=N–C) groups is 1. The van der Waals surface area contributed by atoms with Gasteiger partial charge in [0.15, 0.2) is 0 Å². The van der Waals surface area contributed by atoms with E-state index in [1.807, 2.05) is 24.3 Å². The third-order valence-electron chi connectivity index (χ3n) is 2.70. The summed E-state index contributed by atoms with van der Waals surface area (Å²) in [5.41, 5.74) is 2.91. The number of nitroso groups, excluding NO2 is 1. The molecule has 0 bridgehead atoms. The first-order chi connectivity index (χ1) is 9.13. The molecule has 0 radical (unpaired) electrons. The lowest BCUT2D eigenvalue weighted by molar-refractivity contribution is 1.19. The van der Waals surface area contributed by atoms with Crippen molar-refractivity contribution in [3.8, 4) is 0 Å². The molecule has 0 spiro atoms. The standard InChI is InChI=1S/C14H10Cl2N2O/c1-17-13-4-2-9(7-11(13)15)6-10-3-5-14(18-19)12(16)8-10/h2-5,7-8H,1,6H2. The first kappa shape index (κ1) is 13.7. The van der Waals surface area contributed by atoms with Crippen molar-refractivity contribution in [1.82, 2.24) is 0 Å². The minimum Gasteiger partial charge on any atom is -0.263 e. The normalized spacial score (nSPS) is 10.2. The van der Waals surface area contributed by atoms with Gasteiger partial charge in [-0.2, -0.15) is 0 Å². The van der Waals surface area contributed by atoms with Crippen LogP contribution in [0.1, 0.15) is 11.1 Å². The van der Waals surface area contributed by atoms with Crippen LogP contribution in [0.25, 0.3) is 0 Å². The quantitative estimate of drug-likeness (QED) is 0.556. The van der Waals surface area contributed by atoms with E-state index in [-0.39, 0.29) is 5.69 Å². The number of hydrogen-bond donors (Lipinski definition) is 0. The fraction of sp³-hybridized carbons (Fsp3) is 0.0714. The van der Waals surface area contributed by atoms with Crippen LogP contribution in [0.3, 0.4) is 0 Å². The monoisotopic (exact) mass is 292 g/mol. The van der Waals surface area contributed by atoms with Crippen molar-refractivity contribution in [2.45, 2.75) is 6.42 Å². The van der Waals surface area contributed by atoms with E-state index in [4.69, 9.17) is 23.2 Å². The Balaban J connectivity index is 2.26. The van der Waals surface area contributed by atoms with Gasteiger partial charge in [0.05, 0.1) is 15.7 Å². The molecule has 0 aromatic heterocycles. The predicted octanol–water partition coefficient (Wildman–Crippen LogP) is 5.31. The van der Waals surface area contributed by atoms with Gasteiger partial charge in [0.2, 0.25) is 0 Å². The molecular formula is C14H10Cl2N2O. The maximum Gasteiger partial charge on any atom is 0.126 e. The van der Waals surface area contributed by atoms with Crippen molar-refractivity contribution < 1.29 is 0 Å². The lowest BCUT2D eigenvalue weighted by Crippen LogP contribution is -1.88. The average Bonchev–Trinajstić information content (AvgIpc) is 2.39. The first-order valence-corrected chi connectivity index (χ1v) is 6.26. The van der Waals surface area contributed by atoms with Gasteiger partial charge in [-0.05, 0) is 53.7 Å². The molecule has 0 saturated carbocycles. The Labute approximate surface area is 120 Å². The van der Waals surface area contributed by atoms with E-state index in [0.29, 0.717) is 22.2 Å². The molecule has 0 aliphatic heterocycles. The van der Waals surface area contributed by atoms with E-state index in [2.05, 4.69) is 16.9 Å². The number of halogens is 2. The van der Waals surface area contributed by atoms with Gasteiger partial charge in [-0.25, -0.2) is 0 Å². The van der Waals surface area contributed by atoms with Gasteiger partial charge in [-0.1, -0.05) is 35.3 Å². The highest BCUT2D eigenvalue weighted by molar-refractivity contribution is 6.33. The van der Waals surface area contributed by atoms with Gasteiger partial charge < -0.3 is 0 Å². The zero-order valence-corrected chi connectivity index (χ0v) is 11.4. The summed E-state index contributed by atoms with van der Waals surface area (Å²) in [7, 11) is 0.